The van der Waals surface area contributed by atoms with Crippen molar-refractivity contribution in [2.24, 2.45) is 5.41 Å². The number of rotatable bonds is 7. The fourth-order valence-corrected chi connectivity index (χ4v) is 0.849. The van der Waals surface area contributed by atoms with Gasteiger partial charge in [-0.15, -0.1) is 0 Å². The molecule has 0 spiro atoms. The number of hydrogen-bond acceptors (Lipinski definition) is 5. The lowest BCUT2D eigenvalue weighted by molar-refractivity contribution is -0.165. The minimum absolute atomic E-state index is 0.171. The van der Waals surface area contributed by atoms with Crippen LogP contribution in [0.2, 0.25) is 0 Å². The first-order valence-corrected chi connectivity index (χ1v) is 5.40. The first-order valence-electron chi connectivity index (χ1n) is 5.40. The molecule has 0 saturated carbocycles. The third-order valence-corrected chi connectivity index (χ3v) is 2.20. The van der Waals surface area contributed by atoms with Crippen LogP contribution in [0.3, 0.4) is 0 Å². The quantitative estimate of drug-likeness (QED) is 0.673. The van der Waals surface area contributed by atoms with Gasteiger partial charge in [0.1, 0.15) is 18.6 Å². The molecule has 0 aromatic carbocycles. The van der Waals surface area contributed by atoms with Crippen LogP contribution in [0.25, 0.3) is 0 Å². The number of hydrogen-bond donors (Lipinski definition) is 1. The summed E-state index contributed by atoms with van der Waals surface area (Å²) in [5.74, 6) is -2.15. The molecule has 0 atom stereocenters. The topological polar surface area (TPSA) is 89.9 Å². The third-order valence-electron chi connectivity index (χ3n) is 2.20. The molecule has 0 heterocycles. The molecule has 0 aliphatic rings. The minimum atomic E-state index is -1.41. The highest BCUT2D eigenvalue weighted by molar-refractivity contribution is 5.76. The maximum absolute atomic E-state index is 11.0. The summed E-state index contributed by atoms with van der Waals surface area (Å²) in [6, 6.07) is 0. The molecule has 0 saturated heterocycles. The molecule has 0 amide bonds. The second-order valence-electron chi connectivity index (χ2n) is 3.89. The molecule has 6 nitrogen and oxygen atoms in total. The monoisotopic (exact) mass is 246 g/mol. The molecule has 0 aliphatic carbocycles. The van der Waals surface area contributed by atoms with Gasteiger partial charge in [0.2, 0.25) is 0 Å². The van der Waals surface area contributed by atoms with E-state index < -0.39 is 23.3 Å². The van der Waals surface area contributed by atoms with E-state index in [2.05, 4.69) is 0 Å². The molecule has 0 unspecified atom stereocenters. The summed E-state index contributed by atoms with van der Waals surface area (Å²) in [5.41, 5.74) is -1.41. The van der Waals surface area contributed by atoms with E-state index in [-0.39, 0.29) is 26.1 Å². The van der Waals surface area contributed by atoms with Gasteiger partial charge in [0.25, 0.3) is 0 Å². The molecule has 1 N–H and O–H groups in total. The molecule has 0 aliphatic heterocycles. The summed E-state index contributed by atoms with van der Waals surface area (Å²) in [5, 5.41) is 9.02. The zero-order chi connectivity index (χ0) is 13.5. The number of aliphatic carboxylic acids is 1. The Kier molecular flexibility index (Phi) is 6.23. The van der Waals surface area contributed by atoms with E-state index >= 15 is 0 Å². The van der Waals surface area contributed by atoms with Crippen LogP contribution in [0.5, 0.6) is 0 Å². The van der Waals surface area contributed by atoms with Gasteiger partial charge in [0.15, 0.2) is 0 Å². The molecular weight excluding hydrogens is 228 g/mol. The molecule has 0 fully saturated rings. The van der Waals surface area contributed by atoms with E-state index in [0.29, 0.717) is 0 Å². The van der Waals surface area contributed by atoms with E-state index in [0.717, 1.165) is 0 Å². The Morgan fingerprint density at radius 1 is 1.00 bits per heavy atom. The smallest absolute Gasteiger partial charge is 0.316 e. The predicted molar refractivity (Wildman–Crippen MR) is 58.2 cm³/mol. The summed E-state index contributed by atoms with van der Waals surface area (Å²) < 4.78 is 9.55. The summed E-state index contributed by atoms with van der Waals surface area (Å²) in [6.07, 6.45) is 0.342. The van der Waals surface area contributed by atoms with Crippen LogP contribution < -0.4 is 0 Å². The molecule has 0 bridgehead atoms. The number of carbonyl (C=O) groups is 3. The van der Waals surface area contributed by atoms with Crippen molar-refractivity contribution in [3.05, 3.63) is 0 Å². The van der Waals surface area contributed by atoms with Gasteiger partial charge < -0.3 is 14.6 Å². The van der Waals surface area contributed by atoms with Gasteiger partial charge in [-0.25, -0.2) is 0 Å². The van der Waals surface area contributed by atoms with E-state index in [1.54, 1.807) is 13.8 Å². The first-order chi connectivity index (χ1) is 7.85. The average molecular weight is 246 g/mol. The number of carboxylic acid groups (broad SMARTS) is 1. The Hall–Kier alpha value is -1.59. The van der Waals surface area contributed by atoms with Gasteiger partial charge in [-0.2, -0.15) is 0 Å². The lowest BCUT2D eigenvalue weighted by Crippen LogP contribution is -2.38. The van der Waals surface area contributed by atoms with Crippen molar-refractivity contribution in [2.75, 3.05) is 13.2 Å². The minimum Gasteiger partial charge on any atom is -0.481 e. The van der Waals surface area contributed by atoms with Crippen LogP contribution in [0.15, 0.2) is 0 Å². The van der Waals surface area contributed by atoms with Gasteiger partial charge >= 0.3 is 17.9 Å². The fraction of sp³-hybridized carbons (Fsp3) is 0.727. The molecule has 0 radical (unpaired) electrons. The van der Waals surface area contributed by atoms with Gasteiger partial charge in [-0.1, -0.05) is 13.8 Å². The van der Waals surface area contributed by atoms with Gasteiger partial charge in [-0.05, 0) is 6.92 Å². The van der Waals surface area contributed by atoms with Crippen LogP contribution in [0, 0.1) is 5.41 Å². The van der Waals surface area contributed by atoms with Crippen molar-refractivity contribution in [1.29, 1.82) is 0 Å². The zero-order valence-corrected chi connectivity index (χ0v) is 10.3. The van der Waals surface area contributed by atoms with Crippen LogP contribution >= 0.6 is 0 Å². The van der Waals surface area contributed by atoms with E-state index in [1.807, 2.05) is 0 Å². The summed E-state index contributed by atoms with van der Waals surface area (Å²) in [7, 11) is 0. The highest BCUT2D eigenvalue weighted by atomic mass is 16.6. The second kappa shape index (κ2) is 6.88. The number of carbonyl (C=O) groups excluding carboxylic acids is 2. The summed E-state index contributed by atoms with van der Waals surface area (Å²) >= 11 is 0. The van der Waals surface area contributed by atoms with Crippen LogP contribution in [0.4, 0.5) is 0 Å². The normalized spacial score (nSPS) is 10.8. The first kappa shape index (κ1) is 15.4. The van der Waals surface area contributed by atoms with Crippen molar-refractivity contribution in [2.45, 2.75) is 33.6 Å². The van der Waals surface area contributed by atoms with Gasteiger partial charge in [0.05, 0.1) is 0 Å². The molecular formula is C11H18O6. The Bertz CT molecular complexity index is 276. The largest absolute Gasteiger partial charge is 0.481 e. The molecule has 6 heteroatoms. The lowest BCUT2D eigenvalue weighted by Gasteiger charge is -2.23. The van der Waals surface area contributed by atoms with Gasteiger partial charge in [-0.3, -0.25) is 14.4 Å². The van der Waals surface area contributed by atoms with Crippen molar-refractivity contribution in [3.8, 4) is 0 Å². The molecule has 0 rings (SSSR count). The van der Waals surface area contributed by atoms with Crippen LogP contribution in [0.1, 0.15) is 33.6 Å². The Labute approximate surface area is 99.9 Å². The second-order valence-corrected chi connectivity index (χ2v) is 3.89. The Morgan fingerprint density at radius 3 is 1.59 bits per heavy atom. The van der Waals surface area contributed by atoms with Crippen molar-refractivity contribution in [3.63, 3.8) is 0 Å². The molecule has 98 valence electrons. The van der Waals surface area contributed by atoms with Crippen molar-refractivity contribution in [1.82, 2.24) is 0 Å². The number of esters is 2. The SMILES string of the molecule is CCC(=O)OCC(C)(COC(=O)CC)C(=O)O. The highest BCUT2D eigenvalue weighted by Crippen LogP contribution is 2.18. The zero-order valence-electron chi connectivity index (χ0n) is 10.3. The predicted octanol–water partition coefficient (Wildman–Crippen LogP) is 0.984. The maximum Gasteiger partial charge on any atom is 0.316 e. The number of ether oxygens (including phenoxy) is 2. The van der Waals surface area contributed by atoms with Crippen LogP contribution in [-0.4, -0.2) is 36.2 Å². The number of carboxylic acids is 1. The summed E-state index contributed by atoms with van der Waals surface area (Å²) in [6.45, 7) is 3.95. The maximum atomic E-state index is 11.0. The summed E-state index contributed by atoms with van der Waals surface area (Å²) in [4.78, 5) is 32.9. The molecule has 0 aromatic rings. The molecule has 17 heavy (non-hydrogen) atoms. The third kappa shape index (κ3) is 5.33. The Morgan fingerprint density at radius 2 is 1.35 bits per heavy atom. The molecule has 0 aromatic heterocycles. The van der Waals surface area contributed by atoms with E-state index in [1.165, 1.54) is 6.92 Å². The lowest BCUT2D eigenvalue weighted by atomic mass is 9.93. The van der Waals surface area contributed by atoms with E-state index in [4.69, 9.17) is 14.6 Å². The fourth-order valence-electron chi connectivity index (χ4n) is 0.849. The van der Waals surface area contributed by atoms with Crippen LogP contribution in [-0.2, 0) is 23.9 Å². The highest BCUT2D eigenvalue weighted by Gasteiger charge is 2.36. The average Bonchev–Trinajstić information content (AvgIpc) is 2.32. The van der Waals surface area contributed by atoms with Gasteiger partial charge in [0, 0.05) is 12.8 Å². The van der Waals surface area contributed by atoms with E-state index in [9.17, 15) is 14.4 Å². The van der Waals surface area contributed by atoms with Crippen molar-refractivity contribution >= 4 is 17.9 Å². The van der Waals surface area contributed by atoms with Crippen molar-refractivity contribution < 1.29 is 29.0 Å². The Balaban J connectivity index is 4.41. The standard InChI is InChI=1S/C11H18O6/c1-4-8(12)16-6-11(3,10(14)15)7-17-9(13)5-2/h4-7H2,1-3H3,(H,14,15).